The minimum absolute atomic E-state index is 0.0133. The van der Waals surface area contributed by atoms with Crippen molar-refractivity contribution in [2.24, 2.45) is 0 Å². The van der Waals surface area contributed by atoms with Gasteiger partial charge in [0, 0.05) is 18.7 Å². The number of benzene rings is 1. The number of hydrogen-bond donors (Lipinski definition) is 1. The Balaban J connectivity index is 2.21. The van der Waals surface area contributed by atoms with E-state index in [1.165, 1.54) is 0 Å². The van der Waals surface area contributed by atoms with E-state index in [-0.39, 0.29) is 5.91 Å². The number of anilines is 1. The third-order valence-corrected chi connectivity index (χ3v) is 2.99. The Morgan fingerprint density at radius 2 is 2.20 bits per heavy atom. The van der Waals surface area contributed by atoms with E-state index in [9.17, 15) is 4.79 Å². The summed E-state index contributed by atoms with van der Waals surface area (Å²) < 4.78 is 0. The van der Waals surface area contributed by atoms with Gasteiger partial charge in [-0.1, -0.05) is 11.6 Å². The second-order valence-electron chi connectivity index (χ2n) is 3.88. The molecule has 1 amide bonds. The number of carbonyl (C=O) groups is 1. The Kier molecular flexibility index (Phi) is 2.57. The molecule has 2 N–H and O–H groups in total. The van der Waals surface area contributed by atoms with Crippen LogP contribution in [0.15, 0.2) is 18.2 Å². The van der Waals surface area contributed by atoms with Crippen LogP contribution in [0.2, 0.25) is 5.02 Å². The fourth-order valence-electron chi connectivity index (χ4n) is 1.49. The summed E-state index contributed by atoms with van der Waals surface area (Å²) in [6.07, 6.45) is 2.20. The minimum atomic E-state index is 0.0133. The molecule has 80 valence electrons. The third kappa shape index (κ3) is 2.07. The van der Waals surface area contributed by atoms with Crippen LogP contribution in [0.4, 0.5) is 5.69 Å². The van der Waals surface area contributed by atoms with Gasteiger partial charge in [-0.2, -0.15) is 0 Å². The Morgan fingerprint density at radius 3 is 2.73 bits per heavy atom. The smallest absolute Gasteiger partial charge is 0.253 e. The lowest BCUT2D eigenvalue weighted by Gasteiger charge is -2.16. The fourth-order valence-corrected chi connectivity index (χ4v) is 1.67. The SMILES string of the molecule is CN(C(=O)c1ccc(N)c(Cl)c1)C1CC1. The molecule has 0 unspecified atom stereocenters. The Morgan fingerprint density at radius 1 is 1.53 bits per heavy atom. The number of nitrogens with zero attached hydrogens (tertiary/aromatic N) is 1. The van der Waals surface area contributed by atoms with Crippen molar-refractivity contribution in [2.45, 2.75) is 18.9 Å². The van der Waals surface area contributed by atoms with Crippen molar-refractivity contribution < 1.29 is 4.79 Å². The molecule has 0 atom stereocenters. The predicted molar refractivity (Wildman–Crippen MR) is 61.0 cm³/mol. The van der Waals surface area contributed by atoms with Crippen molar-refractivity contribution in [3.8, 4) is 0 Å². The van der Waals surface area contributed by atoms with E-state index < -0.39 is 0 Å². The number of carbonyl (C=O) groups excluding carboxylic acids is 1. The molecule has 1 aliphatic rings. The summed E-state index contributed by atoms with van der Waals surface area (Å²) in [5.74, 6) is 0.0133. The first kappa shape index (κ1) is 10.3. The van der Waals surface area contributed by atoms with Gasteiger partial charge in [0.1, 0.15) is 0 Å². The van der Waals surface area contributed by atoms with Gasteiger partial charge in [0.25, 0.3) is 5.91 Å². The molecule has 1 aromatic carbocycles. The van der Waals surface area contributed by atoms with E-state index in [1.54, 1.807) is 23.1 Å². The molecule has 15 heavy (non-hydrogen) atoms. The molecule has 0 aromatic heterocycles. The summed E-state index contributed by atoms with van der Waals surface area (Å²) in [6, 6.07) is 5.41. The molecule has 0 bridgehead atoms. The van der Waals surface area contributed by atoms with Crippen LogP contribution in [0.25, 0.3) is 0 Å². The fraction of sp³-hybridized carbons (Fsp3) is 0.364. The van der Waals surface area contributed by atoms with Crippen molar-refractivity contribution in [2.75, 3.05) is 12.8 Å². The molecule has 0 radical (unpaired) electrons. The number of nitrogen functional groups attached to an aromatic ring is 1. The molecule has 1 aliphatic carbocycles. The summed E-state index contributed by atoms with van der Waals surface area (Å²) in [6.45, 7) is 0. The molecule has 0 saturated heterocycles. The lowest BCUT2D eigenvalue weighted by atomic mass is 10.2. The van der Waals surface area contributed by atoms with Crippen LogP contribution in [-0.2, 0) is 0 Å². The predicted octanol–water partition coefficient (Wildman–Crippen LogP) is 2.16. The van der Waals surface area contributed by atoms with Crippen molar-refractivity contribution in [3.63, 3.8) is 0 Å². The zero-order valence-electron chi connectivity index (χ0n) is 8.53. The molecule has 0 spiro atoms. The molecule has 1 fully saturated rings. The molecule has 4 heteroatoms. The van der Waals surface area contributed by atoms with Crippen LogP contribution in [0.5, 0.6) is 0 Å². The van der Waals surface area contributed by atoms with Gasteiger partial charge in [0.05, 0.1) is 10.7 Å². The van der Waals surface area contributed by atoms with Gasteiger partial charge in [-0.3, -0.25) is 4.79 Å². The van der Waals surface area contributed by atoms with Gasteiger partial charge < -0.3 is 10.6 Å². The highest BCUT2D eigenvalue weighted by Gasteiger charge is 2.30. The molecule has 0 aliphatic heterocycles. The molecular weight excluding hydrogens is 212 g/mol. The average Bonchev–Trinajstić information content (AvgIpc) is 3.03. The summed E-state index contributed by atoms with van der Waals surface area (Å²) in [7, 11) is 1.82. The van der Waals surface area contributed by atoms with Crippen LogP contribution in [0, 0.1) is 0 Å². The van der Waals surface area contributed by atoms with Gasteiger partial charge in [-0.05, 0) is 31.0 Å². The van der Waals surface area contributed by atoms with Crippen molar-refractivity contribution in [3.05, 3.63) is 28.8 Å². The standard InChI is InChI=1S/C11H13ClN2O/c1-14(8-3-4-8)11(15)7-2-5-10(13)9(12)6-7/h2,5-6,8H,3-4,13H2,1H3. The molecular formula is C11H13ClN2O. The molecule has 3 nitrogen and oxygen atoms in total. The number of rotatable bonds is 2. The molecule has 1 aromatic rings. The number of nitrogens with two attached hydrogens (primary N) is 1. The van der Waals surface area contributed by atoms with E-state index >= 15 is 0 Å². The van der Waals surface area contributed by atoms with Crippen LogP contribution < -0.4 is 5.73 Å². The minimum Gasteiger partial charge on any atom is -0.398 e. The van der Waals surface area contributed by atoms with Gasteiger partial charge in [-0.15, -0.1) is 0 Å². The van der Waals surface area contributed by atoms with Crippen molar-refractivity contribution in [1.29, 1.82) is 0 Å². The highest BCUT2D eigenvalue weighted by molar-refractivity contribution is 6.33. The summed E-state index contributed by atoms with van der Waals surface area (Å²) in [5.41, 5.74) is 6.68. The van der Waals surface area contributed by atoms with E-state index in [2.05, 4.69) is 0 Å². The van der Waals surface area contributed by atoms with E-state index in [4.69, 9.17) is 17.3 Å². The normalized spacial score (nSPS) is 15.1. The highest BCUT2D eigenvalue weighted by Crippen LogP contribution is 2.27. The molecule has 2 rings (SSSR count). The summed E-state index contributed by atoms with van der Waals surface area (Å²) in [4.78, 5) is 13.7. The van der Waals surface area contributed by atoms with Gasteiger partial charge in [0.15, 0.2) is 0 Å². The van der Waals surface area contributed by atoms with E-state index in [0.717, 1.165) is 12.8 Å². The first-order valence-electron chi connectivity index (χ1n) is 4.92. The summed E-state index contributed by atoms with van der Waals surface area (Å²) in [5, 5.41) is 0.435. The maximum absolute atomic E-state index is 11.9. The number of halogens is 1. The topological polar surface area (TPSA) is 46.3 Å². The number of amides is 1. The summed E-state index contributed by atoms with van der Waals surface area (Å²) >= 11 is 5.86. The molecule has 0 heterocycles. The Bertz CT molecular complexity index is 402. The monoisotopic (exact) mass is 224 g/mol. The lowest BCUT2D eigenvalue weighted by Crippen LogP contribution is -2.28. The number of hydrogen-bond acceptors (Lipinski definition) is 2. The largest absolute Gasteiger partial charge is 0.398 e. The Labute approximate surface area is 93.8 Å². The van der Waals surface area contributed by atoms with Crippen molar-refractivity contribution in [1.82, 2.24) is 4.90 Å². The highest BCUT2D eigenvalue weighted by atomic mass is 35.5. The maximum atomic E-state index is 11.9. The zero-order chi connectivity index (χ0) is 11.0. The first-order valence-corrected chi connectivity index (χ1v) is 5.29. The van der Waals surface area contributed by atoms with Gasteiger partial charge in [0.2, 0.25) is 0 Å². The van der Waals surface area contributed by atoms with E-state index in [1.807, 2.05) is 7.05 Å². The van der Waals surface area contributed by atoms with Gasteiger partial charge in [-0.25, -0.2) is 0 Å². The van der Waals surface area contributed by atoms with Gasteiger partial charge >= 0.3 is 0 Å². The first-order chi connectivity index (χ1) is 7.09. The second kappa shape index (κ2) is 3.74. The van der Waals surface area contributed by atoms with Crippen LogP contribution in [0.3, 0.4) is 0 Å². The maximum Gasteiger partial charge on any atom is 0.253 e. The Hall–Kier alpha value is -1.22. The second-order valence-corrected chi connectivity index (χ2v) is 4.29. The lowest BCUT2D eigenvalue weighted by molar-refractivity contribution is 0.0785. The van der Waals surface area contributed by atoms with Crippen LogP contribution in [-0.4, -0.2) is 23.9 Å². The zero-order valence-corrected chi connectivity index (χ0v) is 9.29. The van der Waals surface area contributed by atoms with E-state index in [0.29, 0.717) is 22.3 Å². The van der Waals surface area contributed by atoms with Crippen LogP contribution >= 0.6 is 11.6 Å². The molecule has 1 saturated carbocycles. The van der Waals surface area contributed by atoms with Crippen molar-refractivity contribution >= 4 is 23.2 Å². The third-order valence-electron chi connectivity index (χ3n) is 2.66. The quantitative estimate of drug-likeness (QED) is 0.783. The van der Waals surface area contributed by atoms with Crippen LogP contribution in [0.1, 0.15) is 23.2 Å². The average molecular weight is 225 g/mol.